The number of Topliss-reactive ketones (excluding diaryl/α,β-unsaturated/α-hetero) is 1. The first-order valence-electron chi connectivity index (χ1n) is 32.4. The molecule has 0 bridgehead atoms. The van der Waals surface area contributed by atoms with Crippen molar-refractivity contribution in [2.24, 2.45) is 69.8 Å². The second-order valence-electron chi connectivity index (χ2n) is 28.6. The molecular formula is C65H103N3O12. The zero-order chi connectivity index (χ0) is 56.6. The summed E-state index contributed by atoms with van der Waals surface area (Å²) in [5.41, 5.74) is -1.36. The summed E-state index contributed by atoms with van der Waals surface area (Å²) >= 11 is 0. The number of fused-ring (bicyclic) bond motifs is 5. The molecule has 15 nitrogen and oxygen atoms in total. The van der Waals surface area contributed by atoms with Crippen molar-refractivity contribution in [2.45, 2.75) is 265 Å². The van der Waals surface area contributed by atoms with E-state index in [4.69, 9.17) is 15.2 Å². The molecule has 2 heterocycles. The molecule has 9 aliphatic carbocycles. The number of dihydropyridines is 1. The Morgan fingerprint density at radius 2 is 1.62 bits per heavy atom. The summed E-state index contributed by atoms with van der Waals surface area (Å²) in [6, 6.07) is 0. The minimum Gasteiger partial charge on any atom is -0.396 e. The maximum absolute atomic E-state index is 16.1. The van der Waals surface area contributed by atoms with Crippen LogP contribution in [0.3, 0.4) is 0 Å². The van der Waals surface area contributed by atoms with E-state index < -0.39 is 99.5 Å². The van der Waals surface area contributed by atoms with Crippen LogP contribution in [0.1, 0.15) is 194 Å². The van der Waals surface area contributed by atoms with Gasteiger partial charge in [-0.3, -0.25) is 4.79 Å². The molecule has 0 radical (unpaired) electrons. The first-order chi connectivity index (χ1) is 38.2. The van der Waals surface area contributed by atoms with Crippen molar-refractivity contribution >= 4 is 5.78 Å². The molecule has 1 saturated heterocycles. The molecule has 1 spiro atoms. The van der Waals surface area contributed by atoms with Crippen LogP contribution >= 0.6 is 0 Å². The van der Waals surface area contributed by atoms with Crippen LogP contribution in [0.2, 0.25) is 0 Å². The molecule has 7 saturated carbocycles. The van der Waals surface area contributed by atoms with Crippen LogP contribution in [-0.2, 0) is 14.3 Å². The third kappa shape index (κ3) is 10.00. The molecule has 11 rings (SSSR count). The van der Waals surface area contributed by atoms with Gasteiger partial charge in [-0.2, -0.15) is 0 Å². The van der Waals surface area contributed by atoms with Crippen LogP contribution in [0, 0.1) is 64.1 Å². The number of aliphatic hydroxyl groups is 9. The number of carbonyl (C=O) groups excluding carboxylic acids is 1. The topological polar surface area (TPSA) is 268 Å². The summed E-state index contributed by atoms with van der Waals surface area (Å²) in [5, 5.41) is 122. The minimum absolute atomic E-state index is 0.00702. The van der Waals surface area contributed by atoms with Gasteiger partial charge in [-0.1, -0.05) is 76.5 Å². The van der Waals surface area contributed by atoms with Crippen LogP contribution in [0.5, 0.6) is 0 Å². The number of ether oxygens (including phenoxy) is 2. The Bertz CT molecular complexity index is 2340. The molecule has 80 heavy (non-hydrogen) atoms. The molecule has 2 aliphatic heterocycles. The predicted molar refractivity (Wildman–Crippen MR) is 304 cm³/mol. The largest absolute Gasteiger partial charge is 0.396 e. The van der Waals surface area contributed by atoms with Gasteiger partial charge >= 0.3 is 0 Å². The van der Waals surface area contributed by atoms with Gasteiger partial charge in [0.15, 0.2) is 5.78 Å². The fraction of sp³-hybridized carbons (Fsp3) is 0.862. The number of hydrogen-bond acceptors (Lipinski definition) is 15. The number of allylic oxidation sites excluding steroid dienone is 5. The van der Waals surface area contributed by atoms with Gasteiger partial charge in [0.05, 0.1) is 71.4 Å². The summed E-state index contributed by atoms with van der Waals surface area (Å²) in [5.74, 6) is -3.21. The van der Waals surface area contributed by atoms with Gasteiger partial charge in [-0.15, -0.1) is 0 Å². The number of ketones is 1. The standard InChI is InChI=1S/C65H103N3O12/c1-4-10-39-17-21-45-51(23-18-39)80-59-54(45)48(71)14-8-28-65(59,78)60(3,75)52-26-30-64(77)55-56(67-36-38(2)70)57(74)46-33-49(72)50(73)35-61(46)34-41(44-22-24-53(66)68-47(44)13-9-31-69)25-29-62(76,58(55)61)37-63(52,64)42-19-15-40(16-20-42)27-32-79-43-11-6-5-7-12-43/h22,24-25,29,38-43,45-46,48-54,58-59,67-73,75-78H,4-21,23,26-28,30-37,66H2,1-3H3. The maximum Gasteiger partial charge on any atom is 0.182 e. The highest BCUT2D eigenvalue weighted by atomic mass is 16.5. The van der Waals surface area contributed by atoms with E-state index in [1.165, 1.54) is 19.3 Å². The summed E-state index contributed by atoms with van der Waals surface area (Å²) in [7, 11) is 0. The highest BCUT2D eigenvalue weighted by molar-refractivity contribution is 6.00. The predicted octanol–water partition coefficient (Wildman–Crippen LogP) is 6.40. The number of aliphatic hydroxyl groups excluding tert-OH is 5. The fourth-order valence-electron chi connectivity index (χ4n) is 20.6. The van der Waals surface area contributed by atoms with E-state index in [2.05, 4.69) is 17.6 Å². The normalized spacial score (nSPS) is 46.9. The van der Waals surface area contributed by atoms with E-state index in [1.807, 2.05) is 24.3 Å². The highest BCUT2D eigenvalue weighted by Gasteiger charge is 2.80. The molecule has 0 aromatic rings. The molecule has 0 amide bonds. The molecule has 13 N–H and O–H groups in total. The van der Waals surface area contributed by atoms with E-state index in [0.717, 1.165) is 81.9 Å². The quantitative estimate of drug-likeness (QED) is 0.0746. The Morgan fingerprint density at radius 1 is 0.887 bits per heavy atom. The van der Waals surface area contributed by atoms with Gasteiger partial charge in [0, 0.05) is 54.5 Å². The summed E-state index contributed by atoms with van der Waals surface area (Å²) in [6.07, 6.45) is 21.0. The molecule has 8 fully saturated rings. The van der Waals surface area contributed by atoms with Gasteiger partial charge in [-0.05, 0) is 188 Å². The van der Waals surface area contributed by atoms with Crippen molar-refractivity contribution in [1.82, 2.24) is 10.6 Å². The number of nitrogens with one attached hydrogen (secondary N) is 2. The number of hydrogen-bond donors (Lipinski definition) is 12. The van der Waals surface area contributed by atoms with Gasteiger partial charge in [0.25, 0.3) is 0 Å². The van der Waals surface area contributed by atoms with Crippen molar-refractivity contribution < 1.29 is 60.2 Å². The number of nitrogens with two attached hydrogens (primary N) is 1. The zero-order valence-corrected chi connectivity index (χ0v) is 48.7. The lowest BCUT2D eigenvalue weighted by Gasteiger charge is -2.69. The van der Waals surface area contributed by atoms with Crippen molar-refractivity contribution in [3.05, 3.63) is 46.8 Å². The molecule has 0 aromatic carbocycles. The van der Waals surface area contributed by atoms with E-state index in [9.17, 15) is 40.9 Å². The second kappa shape index (κ2) is 23.2. The lowest BCUT2D eigenvalue weighted by atomic mass is 9.37. The van der Waals surface area contributed by atoms with E-state index in [1.54, 1.807) is 13.8 Å². The summed E-state index contributed by atoms with van der Waals surface area (Å²) < 4.78 is 13.7. The van der Waals surface area contributed by atoms with Gasteiger partial charge in [0.1, 0.15) is 5.60 Å². The first-order valence-corrected chi connectivity index (χ1v) is 32.4. The van der Waals surface area contributed by atoms with Crippen molar-refractivity contribution in [1.29, 1.82) is 0 Å². The second-order valence-corrected chi connectivity index (χ2v) is 28.6. The van der Waals surface area contributed by atoms with Crippen LogP contribution in [0.4, 0.5) is 0 Å². The van der Waals surface area contributed by atoms with E-state index >= 15 is 9.90 Å². The smallest absolute Gasteiger partial charge is 0.182 e. The Balaban J connectivity index is 1.07. The summed E-state index contributed by atoms with van der Waals surface area (Å²) in [6.45, 7) is 6.25. The van der Waals surface area contributed by atoms with Crippen LogP contribution < -0.4 is 16.4 Å². The van der Waals surface area contributed by atoms with Crippen molar-refractivity contribution in [3.8, 4) is 0 Å². The molecule has 450 valence electrons. The monoisotopic (exact) mass is 1120 g/mol. The molecular weight excluding hydrogens is 1010 g/mol. The fourth-order valence-corrected chi connectivity index (χ4v) is 20.6. The lowest BCUT2D eigenvalue weighted by Crippen LogP contribution is -2.74. The van der Waals surface area contributed by atoms with Crippen LogP contribution in [0.15, 0.2) is 46.8 Å². The third-order valence-corrected chi connectivity index (χ3v) is 24.2. The highest BCUT2D eigenvalue weighted by Crippen LogP contribution is 2.77. The minimum atomic E-state index is -1.95. The Hall–Kier alpha value is -2.25. The molecule has 15 heteroatoms. The lowest BCUT2D eigenvalue weighted by molar-refractivity contribution is -0.276. The van der Waals surface area contributed by atoms with Gasteiger partial charge in [-0.25, -0.2) is 0 Å². The van der Waals surface area contributed by atoms with Crippen LogP contribution in [-0.4, -0.2) is 143 Å². The average Bonchev–Trinajstić information content (AvgIpc) is 4.00. The van der Waals surface area contributed by atoms with Gasteiger partial charge < -0.3 is 71.8 Å². The average molecular weight is 1120 g/mol. The zero-order valence-electron chi connectivity index (χ0n) is 48.7. The molecule has 20 atom stereocenters. The number of carbonyl (C=O) groups is 1. The Morgan fingerprint density at radius 3 is 2.36 bits per heavy atom. The Kier molecular flexibility index (Phi) is 17.3. The first kappa shape index (κ1) is 59.5. The van der Waals surface area contributed by atoms with E-state index in [-0.39, 0.29) is 87.5 Å². The van der Waals surface area contributed by atoms with Crippen LogP contribution in [0.25, 0.3) is 0 Å². The third-order valence-electron chi connectivity index (χ3n) is 24.2. The molecule has 11 aliphatic rings. The van der Waals surface area contributed by atoms with Crippen molar-refractivity contribution in [2.75, 3.05) is 19.8 Å². The summed E-state index contributed by atoms with van der Waals surface area (Å²) in [4.78, 5) is 16.1. The van der Waals surface area contributed by atoms with Gasteiger partial charge in [0.2, 0.25) is 0 Å². The molecule has 20 unspecified atom stereocenters. The Labute approximate surface area is 476 Å². The number of rotatable bonds is 16. The molecule has 0 aromatic heterocycles. The van der Waals surface area contributed by atoms with Crippen molar-refractivity contribution in [3.63, 3.8) is 0 Å². The SMILES string of the molecule is CCCC1CCC2OC3C(C(O)CCCC3(O)C(C)(O)C3CCC4(O)C5=C(NCC(C)O)C(=O)C6CC(O)C(O)CC67CC(C6=C(CCCO)NC(N)C=C6)C=CC(O)(CC34C3CCC(CCOC4CCCCC4)CC3)C57)C2CC1. The maximum atomic E-state index is 16.1. The van der Waals surface area contributed by atoms with E-state index in [0.29, 0.717) is 68.6 Å².